The maximum atomic E-state index is 13.0. The summed E-state index contributed by atoms with van der Waals surface area (Å²) in [5.41, 5.74) is 6.55. The minimum Gasteiger partial charge on any atom is -0.493 e. The number of nitrogens with one attached hydrogen (secondary N) is 2. The van der Waals surface area contributed by atoms with Crippen LogP contribution in [0.15, 0.2) is 34.4 Å². The number of hydrazone groups is 1. The first-order valence-corrected chi connectivity index (χ1v) is 11.5. The molecule has 170 valence electrons. The summed E-state index contributed by atoms with van der Waals surface area (Å²) in [4.78, 5) is 2.61. The van der Waals surface area contributed by atoms with Crippen molar-refractivity contribution in [3.8, 4) is 22.8 Å². The van der Waals surface area contributed by atoms with Crippen LogP contribution in [0.1, 0.15) is 33.4 Å². The highest BCUT2D eigenvalue weighted by molar-refractivity contribution is 7.89. The molecular formula is C23H28N4O4S. The number of aromatic nitrogens is 2. The molecule has 0 aliphatic heterocycles. The summed E-state index contributed by atoms with van der Waals surface area (Å²) in [7, 11) is -0.721. The van der Waals surface area contributed by atoms with Crippen molar-refractivity contribution < 1.29 is 17.9 Å². The second kappa shape index (κ2) is 9.04. The highest BCUT2D eigenvalue weighted by atomic mass is 32.2. The van der Waals surface area contributed by atoms with E-state index in [2.05, 4.69) is 20.1 Å². The lowest BCUT2D eigenvalue weighted by Gasteiger charge is -2.18. The highest BCUT2D eigenvalue weighted by Crippen LogP contribution is 2.32. The van der Waals surface area contributed by atoms with Crippen molar-refractivity contribution >= 4 is 16.2 Å². The van der Waals surface area contributed by atoms with E-state index >= 15 is 0 Å². The van der Waals surface area contributed by atoms with Gasteiger partial charge in [-0.3, -0.25) is 5.10 Å². The van der Waals surface area contributed by atoms with Crippen LogP contribution < -0.4 is 14.3 Å². The highest BCUT2D eigenvalue weighted by Gasteiger charge is 2.23. The molecule has 9 heteroatoms. The van der Waals surface area contributed by atoms with Gasteiger partial charge in [0.05, 0.1) is 37.2 Å². The van der Waals surface area contributed by atoms with Gasteiger partial charge in [0.2, 0.25) is 0 Å². The van der Waals surface area contributed by atoms with Crippen LogP contribution >= 0.6 is 0 Å². The van der Waals surface area contributed by atoms with E-state index in [4.69, 9.17) is 9.47 Å². The van der Waals surface area contributed by atoms with Gasteiger partial charge < -0.3 is 9.47 Å². The number of hydrogen-bond acceptors (Lipinski definition) is 6. The summed E-state index contributed by atoms with van der Waals surface area (Å²) < 4.78 is 36.7. The number of hydrogen-bond donors (Lipinski definition) is 2. The van der Waals surface area contributed by atoms with Gasteiger partial charge in [-0.1, -0.05) is 0 Å². The lowest BCUT2D eigenvalue weighted by Crippen LogP contribution is -2.22. The number of aromatic amines is 1. The standard InChI is InChI=1S/C23H28N4O4S/c1-13-14(2)16(4)23(17(5)15(13)3)32(28,29)27-25-12-19-11-24-26-22(19)18-8-9-20(30-6)21(10-18)31-7/h8-12,27H,1-7H3,(H,24,26)/b25-12-. The largest absolute Gasteiger partial charge is 0.493 e. The Kier molecular flexibility index (Phi) is 6.59. The first-order chi connectivity index (χ1) is 15.1. The molecule has 32 heavy (non-hydrogen) atoms. The lowest BCUT2D eigenvalue weighted by atomic mass is 9.95. The van der Waals surface area contributed by atoms with Gasteiger partial charge in [-0.2, -0.15) is 18.6 Å². The van der Waals surface area contributed by atoms with Crippen LogP contribution in [0.25, 0.3) is 11.3 Å². The average molecular weight is 457 g/mol. The van der Waals surface area contributed by atoms with E-state index in [1.807, 2.05) is 40.7 Å². The Morgan fingerprint density at radius 3 is 2.12 bits per heavy atom. The molecule has 0 spiro atoms. The lowest BCUT2D eigenvalue weighted by molar-refractivity contribution is 0.355. The van der Waals surface area contributed by atoms with Gasteiger partial charge in [0.1, 0.15) is 0 Å². The van der Waals surface area contributed by atoms with Gasteiger partial charge in [0.15, 0.2) is 11.5 Å². The number of methoxy groups -OCH3 is 2. The minimum atomic E-state index is -3.85. The maximum Gasteiger partial charge on any atom is 0.277 e. The number of nitrogens with zero attached hydrogens (tertiary/aromatic N) is 2. The van der Waals surface area contributed by atoms with Crippen molar-refractivity contribution in [1.82, 2.24) is 15.0 Å². The number of benzene rings is 2. The van der Waals surface area contributed by atoms with Crippen molar-refractivity contribution in [2.45, 2.75) is 39.5 Å². The van der Waals surface area contributed by atoms with Gasteiger partial charge in [-0.15, -0.1) is 0 Å². The summed E-state index contributed by atoms with van der Waals surface area (Å²) in [6, 6.07) is 5.44. The Balaban J connectivity index is 1.91. The molecule has 0 aliphatic rings. The van der Waals surface area contributed by atoms with Crippen molar-refractivity contribution in [2.24, 2.45) is 5.10 Å². The molecule has 1 aromatic heterocycles. The van der Waals surface area contributed by atoms with E-state index in [-0.39, 0.29) is 4.90 Å². The molecule has 3 rings (SSSR count). The molecular weight excluding hydrogens is 428 g/mol. The summed E-state index contributed by atoms with van der Waals surface area (Å²) in [6.45, 7) is 9.50. The molecule has 0 saturated carbocycles. The van der Waals surface area contributed by atoms with Crippen molar-refractivity contribution in [3.05, 3.63) is 57.8 Å². The van der Waals surface area contributed by atoms with E-state index in [9.17, 15) is 8.42 Å². The number of rotatable bonds is 7. The van der Waals surface area contributed by atoms with Gasteiger partial charge in [-0.25, -0.2) is 4.83 Å². The molecule has 2 aromatic carbocycles. The third kappa shape index (κ3) is 4.20. The monoisotopic (exact) mass is 456 g/mol. The minimum absolute atomic E-state index is 0.266. The SMILES string of the molecule is COc1ccc(-c2[nH]ncc2/C=N\NS(=O)(=O)c2c(C)c(C)c(C)c(C)c2C)cc1OC. The molecule has 3 aromatic rings. The molecule has 0 unspecified atom stereocenters. The normalized spacial score (nSPS) is 11.7. The van der Waals surface area contributed by atoms with Crippen molar-refractivity contribution in [2.75, 3.05) is 14.2 Å². The quantitative estimate of drug-likeness (QED) is 0.414. The fraction of sp³-hybridized carbons (Fsp3) is 0.304. The van der Waals surface area contributed by atoms with Crippen LogP contribution in [-0.2, 0) is 10.0 Å². The number of ether oxygens (including phenoxy) is 2. The Hall–Kier alpha value is -3.33. The van der Waals surface area contributed by atoms with Gasteiger partial charge >= 0.3 is 0 Å². The first kappa shape index (κ1) is 23.3. The van der Waals surface area contributed by atoms with Crippen LogP contribution in [0.3, 0.4) is 0 Å². The predicted octanol–water partition coefficient (Wildman–Crippen LogP) is 3.95. The van der Waals surface area contributed by atoms with E-state index in [0.717, 1.165) is 33.4 Å². The molecule has 0 fully saturated rings. The summed E-state index contributed by atoms with van der Waals surface area (Å²) in [5.74, 6) is 1.17. The van der Waals surface area contributed by atoms with Gasteiger partial charge in [-0.05, 0) is 80.6 Å². The number of sulfonamides is 1. The summed E-state index contributed by atoms with van der Waals surface area (Å²) in [6.07, 6.45) is 2.99. The predicted molar refractivity (Wildman–Crippen MR) is 125 cm³/mol. The molecule has 0 amide bonds. The molecule has 0 radical (unpaired) electrons. The molecule has 2 N–H and O–H groups in total. The third-order valence-corrected chi connectivity index (χ3v) is 7.41. The van der Waals surface area contributed by atoms with E-state index in [1.54, 1.807) is 32.5 Å². The van der Waals surface area contributed by atoms with Crippen molar-refractivity contribution in [3.63, 3.8) is 0 Å². The topological polar surface area (TPSA) is 106 Å². The fourth-order valence-electron chi connectivity index (χ4n) is 3.70. The van der Waals surface area contributed by atoms with E-state index < -0.39 is 10.0 Å². The average Bonchev–Trinajstić information content (AvgIpc) is 3.24. The van der Waals surface area contributed by atoms with Crippen LogP contribution in [0.5, 0.6) is 11.5 Å². The van der Waals surface area contributed by atoms with E-state index in [0.29, 0.717) is 22.8 Å². The fourth-order valence-corrected chi connectivity index (χ4v) is 5.09. The van der Waals surface area contributed by atoms with Crippen LogP contribution in [0.2, 0.25) is 0 Å². The molecule has 1 heterocycles. The van der Waals surface area contributed by atoms with E-state index in [1.165, 1.54) is 6.21 Å². The Morgan fingerprint density at radius 1 is 0.938 bits per heavy atom. The maximum absolute atomic E-state index is 13.0. The molecule has 0 atom stereocenters. The van der Waals surface area contributed by atoms with Crippen LogP contribution in [-0.4, -0.2) is 39.0 Å². The summed E-state index contributed by atoms with van der Waals surface area (Å²) >= 11 is 0. The second-order valence-electron chi connectivity index (χ2n) is 7.58. The van der Waals surface area contributed by atoms with Crippen LogP contribution in [0, 0.1) is 34.6 Å². The molecule has 0 aliphatic carbocycles. The molecule has 8 nitrogen and oxygen atoms in total. The Bertz CT molecular complexity index is 1260. The molecule has 0 bridgehead atoms. The van der Waals surface area contributed by atoms with Gasteiger partial charge in [0, 0.05) is 11.1 Å². The van der Waals surface area contributed by atoms with Gasteiger partial charge in [0.25, 0.3) is 10.0 Å². The second-order valence-corrected chi connectivity index (χ2v) is 9.17. The third-order valence-electron chi connectivity index (χ3n) is 5.92. The Labute approximate surface area is 188 Å². The van der Waals surface area contributed by atoms with Crippen LogP contribution in [0.4, 0.5) is 0 Å². The smallest absolute Gasteiger partial charge is 0.277 e. The first-order valence-electron chi connectivity index (χ1n) is 10.00. The molecule has 0 saturated heterocycles. The zero-order chi connectivity index (χ0) is 23.6. The zero-order valence-electron chi connectivity index (χ0n) is 19.3. The van der Waals surface area contributed by atoms with Crippen molar-refractivity contribution in [1.29, 1.82) is 0 Å². The zero-order valence-corrected chi connectivity index (χ0v) is 20.1. The number of H-pyrrole nitrogens is 1. The Morgan fingerprint density at radius 2 is 1.53 bits per heavy atom. The summed E-state index contributed by atoms with van der Waals surface area (Å²) in [5, 5.41) is 11.0.